The van der Waals surface area contributed by atoms with Crippen LogP contribution in [0.4, 0.5) is 9.59 Å². The van der Waals surface area contributed by atoms with Crippen LogP contribution in [-0.2, 0) is 19.1 Å². The number of hydrogen-bond acceptors (Lipinski definition) is 10. The summed E-state index contributed by atoms with van der Waals surface area (Å²) in [5, 5.41) is 5.41. The number of nitrogens with zero attached hydrogens (tertiary/aromatic N) is 5. The third-order valence-corrected chi connectivity index (χ3v) is 11.7. The summed E-state index contributed by atoms with van der Waals surface area (Å²) in [6, 6.07) is 29.4. The number of nitrogens with one attached hydrogen (secondary N) is 4. The first-order valence-corrected chi connectivity index (χ1v) is 20.8. The molecule has 2 aliphatic rings. The summed E-state index contributed by atoms with van der Waals surface area (Å²) in [5.74, 6) is 1.32. The number of aromatic amines is 2. The Balaban J connectivity index is 0.884. The molecule has 7 aromatic rings. The smallest absolute Gasteiger partial charge is 0.407 e. The highest BCUT2D eigenvalue weighted by molar-refractivity contribution is 5.88. The van der Waals surface area contributed by atoms with E-state index in [-0.39, 0.29) is 23.9 Å². The lowest BCUT2D eigenvalue weighted by Crippen LogP contribution is -2.42. The second-order valence-corrected chi connectivity index (χ2v) is 15.5. The van der Waals surface area contributed by atoms with Crippen LogP contribution in [0.3, 0.4) is 0 Å². The lowest BCUT2D eigenvalue weighted by molar-refractivity contribution is -0.135. The molecule has 63 heavy (non-hydrogen) atoms. The van der Waals surface area contributed by atoms with Crippen molar-refractivity contribution >= 4 is 35.1 Å². The summed E-state index contributed by atoms with van der Waals surface area (Å²) in [7, 11) is 2.54. The van der Waals surface area contributed by atoms with E-state index in [1.807, 2.05) is 91.0 Å². The van der Waals surface area contributed by atoms with Crippen LogP contribution >= 0.6 is 0 Å². The first-order valence-electron chi connectivity index (χ1n) is 20.8. The monoisotopic (exact) mass is 847 g/mol. The summed E-state index contributed by atoms with van der Waals surface area (Å²) in [6.45, 7) is 1.06. The number of carbonyl (C=O) groups excluding carboxylic acids is 4. The predicted octanol–water partition coefficient (Wildman–Crippen LogP) is 7.80. The van der Waals surface area contributed by atoms with Crippen LogP contribution in [0.25, 0.3) is 45.1 Å². The zero-order chi connectivity index (χ0) is 43.5. The number of alkyl carbamates (subject to hydrolysis) is 2. The van der Waals surface area contributed by atoms with Gasteiger partial charge in [0.05, 0.1) is 50.1 Å². The van der Waals surface area contributed by atoms with Crippen molar-refractivity contribution in [3.63, 3.8) is 0 Å². The van der Waals surface area contributed by atoms with E-state index in [1.165, 1.54) is 14.2 Å². The number of rotatable bonds is 11. The van der Waals surface area contributed by atoms with Crippen LogP contribution in [-0.4, -0.2) is 86.0 Å². The van der Waals surface area contributed by atoms with Crippen LogP contribution < -0.4 is 10.6 Å². The molecule has 9 rings (SSSR count). The lowest BCUT2D eigenvalue weighted by Gasteiger charge is -2.28. The Kier molecular flexibility index (Phi) is 11.4. The molecular formula is C47H45N9O7. The van der Waals surface area contributed by atoms with Crippen molar-refractivity contribution in [2.45, 2.75) is 49.9 Å². The number of methoxy groups -OCH3 is 2. The molecule has 3 aromatic heterocycles. The van der Waals surface area contributed by atoms with E-state index in [2.05, 4.69) is 20.6 Å². The fourth-order valence-corrected chi connectivity index (χ4v) is 8.50. The van der Waals surface area contributed by atoms with Gasteiger partial charge in [0.1, 0.15) is 29.2 Å². The van der Waals surface area contributed by atoms with Gasteiger partial charge in [0.2, 0.25) is 5.89 Å². The normalized spacial score (nSPS) is 17.0. The average molecular weight is 848 g/mol. The van der Waals surface area contributed by atoms with Crippen LogP contribution in [0.5, 0.6) is 0 Å². The Hall–Kier alpha value is -7.75. The molecule has 0 radical (unpaired) electrons. The van der Waals surface area contributed by atoms with Crippen LogP contribution in [0.2, 0.25) is 0 Å². The van der Waals surface area contributed by atoms with Gasteiger partial charge in [-0.15, -0.1) is 0 Å². The molecule has 4 N–H and O–H groups in total. The highest BCUT2D eigenvalue weighted by Crippen LogP contribution is 2.37. The van der Waals surface area contributed by atoms with Gasteiger partial charge in [0.15, 0.2) is 5.58 Å². The average Bonchev–Trinajstić information content (AvgIpc) is 4.19. The van der Waals surface area contributed by atoms with E-state index in [0.717, 1.165) is 53.8 Å². The molecule has 4 atom stereocenters. The quantitative estimate of drug-likeness (QED) is 0.0996. The molecule has 0 saturated carbocycles. The minimum Gasteiger partial charge on any atom is -0.453 e. The Morgan fingerprint density at radius 1 is 0.651 bits per heavy atom. The van der Waals surface area contributed by atoms with Gasteiger partial charge >= 0.3 is 12.2 Å². The van der Waals surface area contributed by atoms with Crippen molar-refractivity contribution in [3.05, 3.63) is 138 Å². The number of H-pyrrole nitrogens is 2. The Morgan fingerprint density at radius 3 is 1.63 bits per heavy atom. The number of carbonyl (C=O) groups is 4. The summed E-state index contributed by atoms with van der Waals surface area (Å²) in [6.07, 6.45) is 5.19. The van der Waals surface area contributed by atoms with Crippen molar-refractivity contribution in [2.75, 3.05) is 27.3 Å². The summed E-state index contributed by atoms with van der Waals surface area (Å²) in [4.78, 5) is 77.0. The molecule has 16 nitrogen and oxygen atoms in total. The molecule has 4 amide bonds. The van der Waals surface area contributed by atoms with E-state index in [4.69, 9.17) is 28.8 Å². The molecule has 0 spiro atoms. The fourth-order valence-electron chi connectivity index (χ4n) is 8.50. The molecular weight excluding hydrogens is 803 g/mol. The zero-order valence-corrected chi connectivity index (χ0v) is 34.6. The van der Waals surface area contributed by atoms with Crippen molar-refractivity contribution in [1.29, 1.82) is 0 Å². The second kappa shape index (κ2) is 17.7. The summed E-state index contributed by atoms with van der Waals surface area (Å²) >= 11 is 0. The molecule has 0 aliphatic carbocycles. The molecule has 4 aromatic carbocycles. The fraction of sp³-hybridized carbons (Fsp3) is 0.255. The second-order valence-electron chi connectivity index (χ2n) is 15.5. The summed E-state index contributed by atoms with van der Waals surface area (Å²) in [5.41, 5.74) is 6.73. The van der Waals surface area contributed by atoms with E-state index in [1.54, 1.807) is 34.3 Å². The number of benzene rings is 4. The van der Waals surface area contributed by atoms with Crippen molar-refractivity contribution in [3.8, 4) is 34.0 Å². The molecule has 320 valence electrons. The van der Waals surface area contributed by atoms with E-state index in [9.17, 15) is 19.2 Å². The topological polar surface area (TPSA) is 201 Å². The van der Waals surface area contributed by atoms with Gasteiger partial charge in [0, 0.05) is 24.2 Å². The third-order valence-electron chi connectivity index (χ3n) is 11.7. The summed E-state index contributed by atoms with van der Waals surface area (Å²) < 4.78 is 15.8. The van der Waals surface area contributed by atoms with Crippen molar-refractivity contribution in [1.82, 2.24) is 45.4 Å². The standard InChI is InChI=1S/C47H45N9O7/c1-61-46(59)53-39(29-11-5-3-6-12-29)44(57)55-23-9-15-36(55)41-48-26-34(50-41)28-17-19-31(20-18-28)43-52-33-25-32(21-22-38(33)63-43)35-27-49-42(51-35)37-16-10-24-56(37)45(58)40(54-47(60)62-2)30-13-7-4-8-14-30/h3-8,11-14,17-22,25-27,36-37,39-40H,9-10,15-16,23-24H2,1-2H3,(H,48,50)(H,49,51)(H,53,59)(H,54,60)/t36?,37?,39-,40-/m1/s1. The van der Waals surface area contributed by atoms with E-state index >= 15 is 0 Å². The number of fused-ring (bicyclic) bond motifs is 1. The molecule has 2 aliphatic heterocycles. The van der Waals surface area contributed by atoms with Crippen LogP contribution in [0.15, 0.2) is 120 Å². The van der Waals surface area contributed by atoms with E-state index in [0.29, 0.717) is 52.9 Å². The minimum absolute atomic E-state index is 0.231. The number of hydrogen-bond donors (Lipinski definition) is 4. The van der Waals surface area contributed by atoms with Crippen molar-refractivity contribution in [2.24, 2.45) is 0 Å². The zero-order valence-electron chi connectivity index (χ0n) is 34.6. The van der Waals surface area contributed by atoms with Gasteiger partial charge in [-0.05, 0) is 72.7 Å². The molecule has 2 saturated heterocycles. The molecule has 16 heteroatoms. The Morgan fingerprint density at radius 2 is 1.13 bits per heavy atom. The first-order chi connectivity index (χ1) is 30.8. The van der Waals surface area contributed by atoms with Crippen molar-refractivity contribution < 1.29 is 33.1 Å². The molecule has 2 unspecified atom stereocenters. The van der Waals surface area contributed by atoms with Gasteiger partial charge in [-0.25, -0.2) is 24.5 Å². The lowest BCUT2D eigenvalue weighted by atomic mass is 10.1. The largest absolute Gasteiger partial charge is 0.453 e. The number of aromatic nitrogens is 5. The predicted molar refractivity (Wildman–Crippen MR) is 231 cm³/mol. The number of likely N-dealkylation sites (tertiary alicyclic amines) is 2. The number of imidazole rings is 2. The maximum Gasteiger partial charge on any atom is 0.407 e. The SMILES string of the molecule is COC(=O)N[C@@H](C(=O)N1CCCC1c1ncc(-c2ccc(-c3nc4cc(-c5cnc(C6CCCN6C(=O)[C@H](NC(=O)OC)c6ccccc6)[nH]5)ccc4o3)cc2)[nH]1)c1ccccc1. The highest BCUT2D eigenvalue weighted by atomic mass is 16.5. The van der Waals surface area contributed by atoms with Crippen LogP contribution in [0, 0.1) is 0 Å². The molecule has 5 heterocycles. The highest BCUT2D eigenvalue weighted by Gasteiger charge is 2.38. The third kappa shape index (κ3) is 8.34. The van der Waals surface area contributed by atoms with Gasteiger partial charge in [-0.3, -0.25) is 9.59 Å². The number of amides is 4. The Labute approximate surface area is 362 Å². The first kappa shape index (κ1) is 40.6. The van der Waals surface area contributed by atoms with Gasteiger partial charge in [-0.1, -0.05) is 72.8 Å². The van der Waals surface area contributed by atoms with Gasteiger partial charge in [0.25, 0.3) is 11.8 Å². The molecule has 2 fully saturated rings. The minimum atomic E-state index is -0.905. The van der Waals surface area contributed by atoms with Gasteiger partial charge in [-0.2, -0.15) is 0 Å². The van der Waals surface area contributed by atoms with E-state index < -0.39 is 24.3 Å². The number of ether oxygens (including phenoxy) is 2. The number of oxazole rings is 1. The maximum absolute atomic E-state index is 14.0. The van der Waals surface area contributed by atoms with Crippen LogP contribution in [0.1, 0.15) is 72.6 Å². The Bertz CT molecular complexity index is 2750. The van der Waals surface area contributed by atoms with Gasteiger partial charge < -0.3 is 44.3 Å². The molecule has 0 bridgehead atoms. The maximum atomic E-state index is 14.0.